The molecule has 0 unspecified atom stereocenters. The van der Waals surface area contributed by atoms with E-state index in [9.17, 15) is 4.79 Å². The minimum absolute atomic E-state index is 0.279. The van der Waals surface area contributed by atoms with Gasteiger partial charge in [-0.3, -0.25) is 0 Å². The molecule has 0 N–H and O–H groups in total. The summed E-state index contributed by atoms with van der Waals surface area (Å²) >= 11 is 5.85. The number of allylic oxidation sites excluding steroid dienone is 1. The van der Waals surface area contributed by atoms with E-state index in [1.807, 2.05) is 48.5 Å². The molecule has 21 heavy (non-hydrogen) atoms. The summed E-state index contributed by atoms with van der Waals surface area (Å²) in [7, 11) is 0. The Morgan fingerprint density at radius 3 is 2.43 bits per heavy atom. The van der Waals surface area contributed by atoms with Gasteiger partial charge < -0.3 is 4.74 Å². The van der Waals surface area contributed by atoms with Gasteiger partial charge in [-0.2, -0.15) is 0 Å². The molecule has 1 aliphatic heterocycles. The van der Waals surface area contributed by atoms with Crippen molar-refractivity contribution in [1.82, 2.24) is 0 Å². The molecule has 2 aromatic rings. The van der Waals surface area contributed by atoms with Crippen molar-refractivity contribution in [2.24, 2.45) is 0 Å². The lowest BCUT2D eigenvalue weighted by molar-refractivity contribution is -0.133. The second-order valence-corrected chi connectivity index (χ2v) is 5.26. The average molecular weight is 297 g/mol. The fourth-order valence-corrected chi connectivity index (χ4v) is 2.29. The van der Waals surface area contributed by atoms with Gasteiger partial charge in [-0.1, -0.05) is 54.1 Å². The Kier molecular flexibility index (Phi) is 3.89. The topological polar surface area (TPSA) is 26.3 Å². The second-order valence-electron chi connectivity index (χ2n) is 4.82. The van der Waals surface area contributed by atoms with Crippen LogP contribution in [0.2, 0.25) is 5.02 Å². The van der Waals surface area contributed by atoms with Crippen molar-refractivity contribution < 1.29 is 9.53 Å². The van der Waals surface area contributed by atoms with Crippen molar-refractivity contribution in [3.8, 4) is 0 Å². The molecule has 0 bridgehead atoms. The van der Waals surface area contributed by atoms with E-state index in [-0.39, 0.29) is 5.97 Å². The number of benzene rings is 2. The lowest BCUT2D eigenvalue weighted by Crippen LogP contribution is -2.01. The van der Waals surface area contributed by atoms with Crippen LogP contribution >= 0.6 is 11.6 Å². The van der Waals surface area contributed by atoms with Gasteiger partial charge in [-0.15, -0.1) is 0 Å². The van der Waals surface area contributed by atoms with Gasteiger partial charge in [-0.25, -0.2) is 4.79 Å². The molecule has 2 aromatic carbocycles. The number of esters is 1. The molecule has 0 fully saturated rings. The van der Waals surface area contributed by atoms with Crippen LogP contribution in [0.1, 0.15) is 11.1 Å². The van der Waals surface area contributed by atoms with Crippen molar-refractivity contribution in [3.05, 3.63) is 88.2 Å². The number of hydrogen-bond acceptors (Lipinski definition) is 2. The Hall–Kier alpha value is -2.32. The van der Waals surface area contributed by atoms with Gasteiger partial charge >= 0.3 is 5.97 Å². The third-order valence-electron chi connectivity index (χ3n) is 3.21. The molecule has 0 saturated heterocycles. The summed E-state index contributed by atoms with van der Waals surface area (Å²) in [6.45, 7) is 0. The summed E-state index contributed by atoms with van der Waals surface area (Å²) in [5.41, 5.74) is 2.70. The molecule has 104 valence electrons. The van der Waals surface area contributed by atoms with Crippen molar-refractivity contribution in [1.29, 1.82) is 0 Å². The third-order valence-corrected chi connectivity index (χ3v) is 3.46. The van der Waals surface area contributed by atoms with E-state index in [0.29, 0.717) is 22.8 Å². The van der Waals surface area contributed by atoms with Crippen LogP contribution in [0.3, 0.4) is 0 Å². The number of rotatable bonds is 3. The normalized spacial score (nSPS) is 16.0. The molecule has 0 saturated carbocycles. The molecule has 2 nitrogen and oxygen atoms in total. The van der Waals surface area contributed by atoms with E-state index in [2.05, 4.69) is 0 Å². The van der Waals surface area contributed by atoms with Crippen molar-refractivity contribution in [2.75, 3.05) is 0 Å². The Morgan fingerprint density at radius 2 is 1.71 bits per heavy atom. The third kappa shape index (κ3) is 3.41. The fraction of sp³-hybridized carbons (Fsp3) is 0.0556. The van der Waals surface area contributed by atoms with Gasteiger partial charge in [0, 0.05) is 17.0 Å². The fourth-order valence-electron chi connectivity index (χ4n) is 2.17. The van der Waals surface area contributed by atoms with Crippen LogP contribution in [0.5, 0.6) is 0 Å². The van der Waals surface area contributed by atoms with Crippen molar-refractivity contribution in [3.63, 3.8) is 0 Å². The van der Waals surface area contributed by atoms with E-state index in [1.54, 1.807) is 18.2 Å². The largest absolute Gasteiger partial charge is 0.423 e. The van der Waals surface area contributed by atoms with Crippen molar-refractivity contribution in [2.45, 2.75) is 6.42 Å². The molecule has 3 heteroatoms. The maximum Gasteiger partial charge on any atom is 0.339 e. The second kappa shape index (κ2) is 5.98. The van der Waals surface area contributed by atoms with Gasteiger partial charge in [0.1, 0.15) is 5.76 Å². The molecular formula is C18H13ClO2. The Morgan fingerprint density at radius 1 is 1.00 bits per heavy atom. The molecule has 0 aromatic heterocycles. The standard InChI is InChI=1S/C18H13ClO2/c19-16-8-6-14(7-9-16)11-17-12-15(18(20)21-17)10-13-4-2-1-3-5-13/h1-9,11-12H,10H2/b17-11-. The lowest BCUT2D eigenvalue weighted by Gasteiger charge is -1.99. The van der Waals surface area contributed by atoms with E-state index in [0.717, 1.165) is 11.1 Å². The average Bonchev–Trinajstić information content (AvgIpc) is 2.82. The first kappa shape index (κ1) is 13.7. The zero-order valence-electron chi connectivity index (χ0n) is 11.3. The van der Waals surface area contributed by atoms with E-state index < -0.39 is 0 Å². The van der Waals surface area contributed by atoms with Gasteiger partial charge in [-0.05, 0) is 35.4 Å². The summed E-state index contributed by atoms with van der Waals surface area (Å²) in [5, 5.41) is 0.681. The Balaban J connectivity index is 1.80. The molecule has 0 radical (unpaired) electrons. The van der Waals surface area contributed by atoms with Crippen LogP contribution in [0.4, 0.5) is 0 Å². The molecule has 0 amide bonds. The summed E-state index contributed by atoms with van der Waals surface area (Å²) in [6, 6.07) is 17.2. The number of ether oxygens (including phenoxy) is 1. The number of carbonyl (C=O) groups excluding carboxylic acids is 1. The van der Waals surface area contributed by atoms with E-state index >= 15 is 0 Å². The first-order valence-corrected chi connectivity index (χ1v) is 7.02. The first-order valence-electron chi connectivity index (χ1n) is 6.65. The quantitative estimate of drug-likeness (QED) is 0.784. The molecule has 1 heterocycles. The van der Waals surface area contributed by atoms with Crippen LogP contribution in [0.25, 0.3) is 6.08 Å². The predicted molar refractivity (Wildman–Crippen MR) is 83.8 cm³/mol. The van der Waals surface area contributed by atoms with E-state index in [4.69, 9.17) is 16.3 Å². The van der Waals surface area contributed by atoms with Crippen LogP contribution < -0.4 is 0 Å². The number of halogens is 1. The van der Waals surface area contributed by atoms with Gasteiger partial charge in [0.25, 0.3) is 0 Å². The summed E-state index contributed by atoms with van der Waals surface area (Å²) in [4.78, 5) is 11.9. The maximum absolute atomic E-state index is 11.9. The highest BCUT2D eigenvalue weighted by Crippen LogP contribution is 2.23. The highest BCUT2D eigenvalue weighted by molar-refractivity contribution is 6.30. The highest BCUT2D eigenvalue weighted by atomic mass is 35.5. The number of cyclic esters (lactones) is 1. The molecule has 1 aliphatic rings. The van der Waals surface area contributed by atoms with Gasteiger partial charge in [0.15, 0.2) is 0 Å². The van der Waals surface area contributed by atoms with Gasteiger partial charge in [0.2, 0.25) is 0 Å². The predicted octanol–water partition coefficient (Wildman–Crippen LogP) is 4.41. The maximum atomic E-state index is 11.9. The lowest BCUT2D eigenvalue weighted by atomic mass is 10.1. The van der Waals surface area contributed by atoms with Crippen LogP contribution in [-0.4, -0.2) is 5.97 Å². The first-order chi connectivity index (χ1) is 10.2. The van der Waals surface area contributed by atoms with E-state index in [1.165, 1.54) is 0 Å². The van der Waals surface area contributed by atoms with Crippen molar-refractivity contribution >= 4 is 23.6 Å². The van der Waals surface area contributed by atoms with Gasteiger partial charge in [0.05, 0.1) is 0 Å². The number of carbonyl (C=O) groups is 1. The zero-order chi connectivity index (χ0) is 14.7. The highest BCUT2D eigenvalue weighted by Gasteiger charge is 2.21. The molecule has 3 rings (SSSR count). The summed E-state index contributed by atoms with van der Waals surface area (Å²) in [5.74, 6) is 0.285. The van der Waals surface area contributed by atoms with Crippen LogP contribution in [0, 0.1) is 0 Å². The summed E-state index contributed by atoms with van der Waals surface area (Å²) in [6.07, 6.45) is 4.20. The molecule has 0 spiro atoms. The minimum Gasteiger partial charge on any atom is -0.423 e. The monoisotopic (exact) mass is 296 g/mol. The minimum atomic E-state index is -0.279. The number of hydrogen-bond donors (Lipinski definition) is 0. The molecule has 0 atom stereocenters. The summed E-state index contributed by atoms with van der Waals surface area (Å²) < 4.78 is 5.28. The molecule has 0 aliphatic carbocycles. The smallest absolute Gasteiger partial charge is 0.339 e. The zero-order valence-corrected chi connectivity index (χ0v) is 12.0. The SMILES string of the molecule is O=C1O/C(=C\c2ccc(Cl)cc2)C=C1Cc1ccccc1. The van der Waals surface area contributed by atoms with Crippen LogP contribution in [0.15, 0.2) is 72.0 Å². The Labute approximate surface area is 128 Å². The Bertz CT molecular complexity index is 713. The molecular weight excluding hydrogens is 284 g/mol. The van der Waals surface area contributed by atoms with Crippen LogP contribution in [-0.2, 0) is 16.0 Å².